The lowest BCUT2D eigenvalue weighted by Crippen LogP contribution is -2.52. The summed E-state index contributed by atoms with van der Waals surface area (Å²) in [6.07, 6.45) is 0. The fourth-order valence-electron chi connectivity index (χ4n) is 2.40. The number of benzene rings is 1. The van der Waals surface area contributed by atoms with Crippen LogP contribution in [-0.2, 0) is 11.3 Å². The lowest BCUT2D eigenvalue weighted by Gasteiger charge is -2.33. The molecule has 0 bridgehead atoms. The van der Waals surface area contributed by atoms with Crippen LogP contribution in [0, 0.1) is 0 Å². The van der Waals surface area contributed by atoms with E-state index < -0.39 is 0 Å². The lowest BCUT2D eigenvalue weighted by atomic mass is 10.2. The molecule has 5 heteroatoms. The minimum atomic E-state index is 0.0599. The monoisotopic (exact) mass is 277 g/mol. The van der Waals surface area contributed by atoms with Crippen molar-refractivity contribution < 1.29 is 9.53 Å². The highest BCUT2D eigenvalue weighted by molar-refractivity contribution is 5.78. The Morgan fingerprint density at radius 3 is 3.05 bits per heavy atom. The van der Waals surface area contributed by atoms with Gasteiger partial charge in [-0.05, 0) is 13.0 Å². The van der Waals surface area contributed by atoms with Crippen LogP contribution >= 0.6 is 0 Å². The van der Waals surface area contributed by atoms with Crippen LogP contribution in [0.1, 0.15) is 12.5 Å². The van der Waals surface area contributed by atoms with Gasteiger partial charge in [-0.3, -0.25) is 9.69 Å². The van der Waals surface area contributed by atoms with Crippen LogP contribution in [0.2, 0.25) is 0 Å². The van der Waals surface area contributed by atoms with Gasteiger partial charge in [-0.25, -0.2) is 0 Å². The van der Waals surface area contributed by atoms with E-state index in [1.165, 1.54) is 0 Å². The van der Waals surface area contributed by atoms with Crippen LogP contribution in [0.3, 0.4) is 0 Å². The molecule has 1 heterocycles. The van der Waals surface area contributed by atoms with Gasteiger partial charge in [-0.15, -0.1) is 0 Å². The summed E-state index contributed by atoms with van der Waals surface area (Å²) in [5.41, 5.74) is 0.997. The third kappa shape index (κ3) is 3.95. The fourth-order valence-corrected chi connectivity index (χ4v) is 2.40. The molecule has 0 saturated carbocycles. The topological polar surface area (TPSA) is 53.6 Å². The van der Waals surface area contributed by atoms with E-state index in [-0.39, 0.29) is 5.91 Å². The molecule has 1 aromatic carbocycles. The summed E-state index contributed by atoms with van der Waals surface area (Å²) in [7, 11) is 1.64. The summed E-state index contributed by atoms with van der Waals surface area (Å²) in [6, 6.07) is 8.14. The molecule has 2 N–H and O–H groups in total. The molecule has 110 valence electrons. The first-order valence-corrected chi connectivity index (χ1v) is 7.04. The Balaban J connectivity index is 1.82. The molecule has 1 amide bonds. The van der Waals surface area contributed by atoms with E-state index >= 15 is 0 Å². The molecule has 1 fully saturated rings. The van der Waals surface area contributed by atoms with Gasteiger partial charge in [0.15, 0.2) is 0 Å². The summed E-state index contributed by atoms with van der Waals surface area (Å²) in [5.74, 6) is 0.869. The van der Waals surface area contributed by atoms with Crippen molar-refractivity contribution in [3.63, 3.8) is 0 Å². The standard InChI is InChI=1S/C15H23N3O2/c1-12-9-16-7-8-18(12)11-15(19)17-10-13-5-3-4-6-14(13)20-2/h3-6,12,16H,7-11H2,1-2H3,(H,17,19)/t12-/m1/s1. The highest BCUT2D eigenvalue weighted by Crippen LogP contribution is 2.16. The van der Waals surface area contributed by atoms with Gasteiger partial charge >= 0.3 is 0 Å². The maximum atomic E-state index is 12.0. The van der Waals surface area contributed by atoms with Gasteiger partial charge in [0.05, 0.1) is 13.7 Å². The fraction of sp³-hybridized carbons (Fsp3) is 0.533. The molecular weight excluding hydrogens is 254 g/mol. The van der Waals surface area contributed by atoms with Crippen molar-refractivity contribution in [2.24, 2.45) is 0 Å². The van der Waals surface area contributed by atoms with E-state index in [4.69, 9.17) is 4.74 Å². The Kier molecular flexibility index (Phi) is 5.38. The maximum Gasteiger partial charge on any atom is 0.234 e. The first-order valence-electron chi connectivity index (χ1n) is 7.04. The number of hydrogen-bond donors (Lipinski definition) is 2. The van der Waals surface area contributed by atoms with Crippen molar-refractivity contribution in [1.82, 2.24) is 15.5 Å². The number of hydrogen-bond acceptors (Lipinski definition) is 4. The van der Waals surface area contributed by atoms with Crippen molar-refractivity contribution >= 4 is 5.91 Å². The molecule has 0 unspecified atom stereocenters. The average molecular weight is 277 g/mol. The number of ether oxygens (including phenoxy) is 1. The van der Waals surface area contributed by atoms with Gasteiger partial charge in [-0.1, -0.05) is 18.2 Å². The van der Waals surface area contributed by atoms with Crippen molar-refractivity contribution in [2.75, 3.05) is 33.3 Å². The number of carbonyl (C=O) groups is 1. The first kappa shape index (κ1) is 14.8. The molecule has 2 rings (SSSR count). The third-order valence-electron chi connectivity index (χ3n) is 3.65. The van der Waals surface area contributed by atoms with Crippen molar-refractivity contribution in [3.05, 3.63) is 29.8 Å². The smallest absolute Gasteiger partial charge is 0.234 e. The second kappa shape index (κ2) is 7.26. The summed E-state index contributed by atoms with van der Waals surface area (Å²) >= 11 is 0. The number of carbonyl (C=O) groups excluding carboxylic acids is 1. The van der Waals surface area contributed by atoms with E-state index in [1.807, 2.05) is 24.3 Å². The normalized spacial score (nSPS) is 19.6. The molecule has 1 aliphatic heterocycles. The number of nitrogens with one attached hydrogen (secondary N) is 2. The maximum absolute atomic E-state index is 12.0. The quantitative estimate of drug-likeness (QED) is 0.828. The predicted molar refractivity (Wildman–Crippen MR) is 78.7 cm³/mol. The van der Waals surface area contributed by atoms with E-state index in [0.717, 1.165) is 30.9 Å². The zero-order chi connectivity index (χ0) is 14.4. The zero-order valence-electron chi connectivity index (χ0n) is 12.2. The summed E-state index contributed by atoms with van der Waals surface area (Å²) in [4.78, 5) is 14.2. The minimum Gasteiger partial charge on any atom is -0.496 e. The molecule has 0 radical (unpaired) electrons. The molecule has 20 heavy (non-hydrogen) atoms. The van der Waals surface area contributed by atoms with Gasteiger partial charge in [0, 0.05) is 37.8 Å². The summed E-state index contributed by atoms with van der Waals surface area (Å²) in [5, 5.41) is 6.28. The molecule has 0 aliphatic carbocycles. The SMILES string of the molecule is COc1ccccc1CNC(=O)CN1CCNC[C@H]1C. The molecule has 0 spiro atoms. The average Bonchev–Trinajstić information content (AvgIpc) is 2.48. The number of para-hydroxylation sites is 1. The van der Waals surface area contributed by atoms with Crippen LogP contribution in [-0.4, -0.2) is 50.1 Å². The van der Waals surface area contributed by atoms with Crippen molar-refractivity contribution in [3.8, 4) is 5.75 Å². The van der Waals surface area contributed by atoms with Crippen molar-refractivity contribution in [2.45, 2.75) is 19.5 Å². The minimum absolute atomic E-state index is 0.0599. The van der Waals surface area contributed by atoms with E-state index in [0.29, 0.717) is 19.1 Å². The van der Waals surface area contributed by atoms with Crippen LogP contribution in [0.5, 0.6) is 5.75 Å². The Hall–Kier alpha value is -1.59. The Bertz CT molecular complexity index is 450. The Morgan fingerprint density at radius 1 is 1.50 bits per heavy atom. The van der Waals surface area contributed by atoms with Gasteiger partial charge in [0.25, 0.3) is 0 Å². The summed E-state index contributed by atoms with van der Waals surface area (Å²) < 4.78 is 5.27. The van der Waals surface area contributed by atoms with E-state index in [1.54, 1.807) is 7.11 Å². The Labute approximate surface area is 120 Å². The number of piperazine rings is 1. The van der Waals surface area contributed by atoms with Crippen molar-refractivity contribution in [1.29, 1.82) is 0 Å². The molecule has 1 aromatic rings. The highest BCUT2D eigenvalue weighted by atomic mass is 16.5. The van der Waals surface area contributed by atoms with Gasteiger partial charge in [0.1, 0.15) is 5.75 Å². The largest absolute Gasteiger partial charge is 0.496 e. The zero-order valence-corrected chi connectivity index (χ0v) is 12.2. The number of rotatable bonds is 5. The van der Waals surface area contributed by atoms with Gasteiger partial charge < -0.3 is 15.4 Å². The lowest BCUT2D eigenvalue weighted by molar-refractivity contribution is -0.123. The highest BCUT2D eigenvalue weighted by Gasteiger charge is 2.20. The van der Waals surface area contributed by atoms with E-state index in [2.05, 4.69) is 22.5 Å². The number of methoxy groups -OCH3 is 1. The van der Waals surface area contributed by atoms with Crippen LogP contribution in [0.15, 0.2) is 24.3 Å². The molecule has 1 atom stereocenters. The van der Waals surface area contributed by atoms with Crippen LogP contribution in [0.4, 0.5) is 0 Å². The third-order valence-corrected chi connectivity index (χ3v) is 3.65. The van der Waals surface area contributed by atoms with E-state index in [9.17, 15) is 4.79 Å². The number of amides is 1. The van der Waals surface area contributed by atoms with Gasteiger partial charge in [0.2, 0.25) is 5.91 Å². The molecule has 0 aromatic heterocycles. The summed E-state index contributed by atoms with van der Waals surface area (Å²) in [6.45, 7) is 5.91. The second-order valence-corrected chi connectivity index (χ2v) is 5.11. The molecule has 1 aliphatic rings. The predicted octanol–water partition coefficient (Wildman–Crippen LogP) is 0.605. The molecule has 1 saturated heterocycles. The molecular formula is C15H23N3O2. The first-order chi connectivity index (χ1) is 9.70. The van der Waals surface area contributed by atoms with Crippen LogP contribution in [0.25, 0.3) is 0 Å². The number of nitrogens with zero attached hydrogens (tertiary/aromatic N) is 1. The van der Waals surface area contributed by atoms with Gasteiger partial charge in [-0.2, -0.15) is 0 Å². The second-order valence-electron chi connectivity index (χ2n) is 5.11. The molecule has 5 nitrogen and oxygen atoms in total. The van der Waals surface area contributed by atoms with Crippen LogP contribution < -0.4 is 15.4 Å². The Morgan fingerprint density at radius 2 is 2.30 bits per heavy atom.